The largest absolute Gasteiger partial charge is 0.380 e. The normalized spacial score (nSPS) is 12.2. The third kappa shape index (κ3) is 3.60. The fourth-order valence-electron chi connectivity index (χ4n) is 2.52. The van der Waals surface area contributed by atoms with Crippen LogP contribution in [0.25, 0.3) is 0 Å². The maximum atomic E-state index is 13.4. The number of nitrogens with zero attached hydrogens (tertiary/aromatic N) is 1. The van der Waals surface area contributed by atoms with Crippen LogP contribution in [0.15, 0.2) is 48.5 Å². The predicted molar refractivity (Wildman–Crippen MR) is 83.8 cm³/mol. The minimum Gasteiger partial charge on any atom is -0.380 e. The van der Waals surface area contributed by atoms with Crippen LogP contribution in [0, 0.1) is 5.82 Å². The number of methoxy groups -OCH3 is 1. The van der Waals surface area contributed by atoms with Gasteiger partial charge in [-0.1, -0.05) is 30.3 Å². The zero-order valence-corrected chi connectivity index (χ0v) is 12.4. The van der Waals surface area contributed by atoms with E-state index in [4.69, 9.17) is 10.5 Å². The molecule has 0 amide bonds. The maximum Gasteiger partial charge on any atom is 0.125 e. The lowest BCUT2D eigenvalue weighted by atomic mass is 9.99. The van der Waals surface area contributed by atoms with Crippen LogP contribution >= 0.6 is 0 Å². The summed E-state index contributed by atoms with van der Waals surface area (Å²) in [6, 6.07) is 14.5. The average molecular weight is 288 g/mol. The number of likely N-dealkylation sites (N-methyl/N-ethyl adjacent to an activating group) is 1. The van der Waals surface area contributed by atoms with Crippen molar-refractivity contribution in [3.8, 4) is 0 Å². The smallest absolute Gasteiger partial charge is 0.125 e. The van der Waals surface area contributed by atoms with Gasteiger partial charge in [0.1, 0.15) is 5.82 Å². The SMILES string of the molecule is COCc1ccccc1C(CN)N(C)c1cccc(F)c1. The highest BCUT2D eigenvalue weighted by Crippen LogP contribution is 2.28. The molecule has 2 aromatic carbocycles. The van der Waals surface area contributed by atoms with E-state index in [9.17, 15) is 4.39 Å². The molecule has 3 nitrogen and oxygen atoms in total. The van der Waals surface area contributed by atoms with Gasteiger partial charge < -0.3 is 15.4 Å². The third-order valence-corrected chi connectivity index (χ3v) is 3.62. The summed E-state index contributed by atoms with van der Waals surface area (Å²) in [6.07, 6.45) is 0. The molecule has 0 heterocycles. The Balaban J connectivity index is 2.35. The van der Waals surface area contributed by atoms with Crippen molar-refractivity contribution in [1.29, 1.82) is 0 Å². The zero-order chi connectivity index (χ0) is 15.2. The van der Waals surface area contributed by atoms with Crippen LogP contribution in [0.3, 0.4) is 0 Å². The lowest BCUT2D eigenvalue weighted by molar-refractivity contribution is 0.183. The highest BCUT2D eigenvalue weighted by Gasteiger charge is 2.19. The van der Waals surface area contributed by atoms with E-state index in [2.05, 4.69) is 0 Å². The van der Waals surface area contributed by atoms with E-state index in [1.54, 1.807) is 13.2 Å². The van der Waals surface area contributed by atoms with Gasteiger partial charge in [-0.3, -0.25) is 0 Å². The molecule has 0 saturated carbocycles. The molecule has 2 rings (SSSR count). The Morgan fingerprint density at radius 3 is 2.62 bits per heavy atom. The number of ether oxygens (including phenoxy) is 1. The van der Waals surface area contributed by atoms with Crippen LogP contribution in [0.4, 0.5) is 10.1 Å². The molecule has 2 N–H and O–H groups in total. The van der Waals surface area contributed by atoms with Crippen LogP contribution in [0.1, 0.15) is 17.2 Å². The number of benzene rings is 2. The molecule has 0 aliphatic heterocycles. The first-order valence-electron chi connectivity index (χ1n) is 6.92. The minimum atomic E-state index is -0.250. The maximum absolute atomic E-state index is 13.4. The van der Waals surface area contributed by atoms with Crippen LogP contribution in [-0.4, -0.2) is 20.7 Å². The van der Waals surface area contributed by atoms with E-state index in [0.29, 0.717) is 13.2 Å². The second kappa shape index (κ2) is 7.20. The molecule has 0 spiro atoms. The first-order chi connectivity index (χ1) is 10.2. The van der Waals surface area contributed by atoms with Crippen LogP contribution in [0.2, 0.25) is 0 Å². The lowest BCUT2D eigenvalue weighted by Crippen LogP contribution is -2.31. The average Bonchev–Trinajstić information content (AvgIpc) is 2.50. The van der Waals surface area contributed by atoms with Gasteiger partial charge in [0.2, 0.25) is 0 Å². The van der Waals surface area contributed by atoms with Gasteiger partial charge in [0.25, 0.3) is 0 Å². The predicted octanol–water partition coefficient (Wildman–Crippen LogP) is 3.11. The van der Waals surface area contributed by atoms with Gasteiger partial charge in [0, 0.05) is 26.4 Å². The van der Waals surface area contributed by atoms with E-state index >= 15 is 0 Å². The molecule has 0 fully saturated rings. The number of hydrogen-bond acceptors (Lipinski definition) is 3. The summed E-state index contributed by atoms with van der Waals surface area (Å²) in [7, 11) is 3.60. The van der Waals surface area contributed by atoms with E-state index in [1.165, 1.54) is 12.1 Å². The van der Waals surface area contributed by atoms with E-state index < -0.39 is 0 Å². The Morgan fingerprint density at radius 1 is 1.19 bits per heavy atom. The molecule has 112 valence electrons. The fraction of sp³-hybridized carbons (Fsp3) is 0.294. The first kappa shape index (κ1) is 15.5. The standard InChI is InChI=1S/C17H21FN2O/c1-20(15-8-5-7-14(18)10-15)17(11-19)16-9-4-3-6-13(16)12-21-2/h3-10,17H,11-12,19H2,1-2H3. The van der Waals surface area contributed by atoms with Crippen molar-refractivity contribution in [3.05, 3.63) is 65.5 Å². The molecule has 21 heavy (non-hydrogen) atoms. The molecular formula is C17H21FN2O. The Kier molecular flexibility index (Phi) is 5.31. The zero-order valence-electron chi connectivity index (χ0n) is 12.4. The Hall–Kier alpha value is -1.91. The highest BCUT2D eigenvalue weighted by molar-refractivity contribution is 5.49. The second-order valence-electron chi connectivity index (χ2n) is 4.97. The van der Waals surface area contributed by atoms with Crippen molar-refractivity contribution in [2.45, 2.75) is 12.6 Å². The molecule has 0 bridgehead atoms. The van der Waals surface area contributed by atoms with Gasteiger partial charge in [-0.15, -0.1) is 0 Å². The quantitative estimate of drug-likeness (QED) is 0.887. The lowest BCUT2D eigenvalue weighted by Gasteiger charge is -2.31. The molecule has 0 aliphatic carbocycles. The van der Waals surface area contributed by atoms with Crippen LogP contribution in [-0.2, 0) is 11.3 Å². The monoisotopic (exact) mass is 288 g/mol. The Labute approximate surface area is 125 Å². The van der Waals surface area contributed by atoms with Crippen molar-refractivity contribution in [2.24, 2.45) is 5.73 Å². The van der Waals surface area contributed by atoms with Crippen molar-refractivity contribution >= 4 is 5.69 Å². The topological polar surface area (TPSA) is 38.5 Å². The summed E-state index contributed by atoms with van der Waals surface area (Å²) in [5.41, 5.74) is 8.97. The number of nitrogens with two attached hydrogens (primary N) is 1. The molecule has 4 heteroatoms. The van der Waals surface area contributed by atoms with Gasteiger partial charge in [-0.05, 0) is 29.3 Å². The van der Waals surface area contributed by atoms with Crippen molar-refractivity contribution in [1.82, 2.24) is 0 Å². The summed E-state index contributed by atoms with van der Waals surface area (Å²) < 4.78 is 18.7. The molecule has 2 aromatic rings. The fourth-order valence-corrected chi connectivity index (χ4v) is 2.52. The highest BCUT2D eigenvalue weighted by atomic mass is 19.1. The number of halogens is 1. The van der Waals surface area contributed by atoms with E-state index in [1.807, 2.05) is 42.3 Å². The van der Waals surface area contributed by atoms with Gasteiger partial charge in [0.05, 0.1) is 12.6 Å². The van der Waals surface area contributed by atoms with E-state index in [-0.39, 0.29) is 11.9 Å². The molecule has 0 aromatic heterocycles. The van der Waals surface area contributed by atoms with E-state index in [0.717, 1.165) is 16.8 Å². The Bertz CT molecular complexity index is 589. The molecular weight excluding hydrogens is 267 g/mol. The number of hydrogen-bond donors (Lipinski definition) is 1. The van der Waals surface area contributed by atoms with Crippen molar-refractivity contribution in [3.63, 3.8) is 0 Å². The van der Waals surface area contributed by atoms with Crippen LogP contribution < -0.4 is 10.6 Å². The molecule has 1 atom stereocenters. The summed E-state index contributed by atoms with van der Waals surface area (Å²) in [5, 5.41) is 0. The van der Waals surface area contributed by atoms with Gasteiger partial charge >= 0.3 is 0 Å². The summed E-state index contributed by atoms with van der Waals surface area (Å²) in [6.45, 7) is 0.970. The second-order valence-corrected chi connectivity index (χ2v) is 4.97. The van der Waals surface area contributed by atoms with Crippen molar-refractivity contribution < 1.29 is 9.13 Å². The summed E-state index contributed by atoms with van der Waals surface area (Å²) >= 11 is 0. The number of anilines is 1. The van der Waals surface area contributed by atoms with Gasteiger partial charge in [-0.25, -0.2) is 4.39 Å². The van der Waals surface area contributed by atoms with Crippen LogP contribution in [0.5, 0.6) is 0 Å². The van der Waals surface area contributed by atoms with Gasteiger partial charge in [-0.2, -0.15) is 0 Å². The van der Waals surface area contributed by atoms with Crippen molar-refractivity contribution in [2.75, 3.05) is 25.6 Å². The molecule has 1 unspecified atom stereocenters. The molecule has 0 aliphatic rings. The van der Waals surface area contributed by atoms with Gasteiger partial charge in [0.15, 0.2) is 0 Å². The minimum absolute atomic E-state index is 0.0295. The summed E-state index contributed by atoms with van der Waals surface area (Å²) in [4.78, 5) is 2.00. The first-order valence-corrected chi connectivity index (χ1v) is 6.92. The molecule has 0 saturated heterocycles. The summed E-state index contributed by atoms with van der Waals surface area (Å²) in [5.74, 6) is -0.250. The molecule has 0 radical (unpaired) electrons. The third-order valence-electron chi connectivity index (χ3n) is 3.62. The Morgan fingerprint density at radius 2 is 1.95 bits per heavy atom. The number of rotatable bonds is 6.